The molecule has 5 nitrogen and oxygen atoms in total. The fourth-order valence-electron chi connectivity index (χ4n) is 1.54. The molecule has 0 amide bonds. The SMILES string of the molecule is COc1cc(S(C)(=O)=O)c(OC)cc1CCO. The first-order chi connectivity index (χ1) is 7.93. The second-order valence-corrected chi connectivity index (χ2v) is 5.54. The van der Waals surface area contributed by atoms with Crippen molar-refractivity contribution in [2.45, 2.75) is 11.3 Å². The van der Waals surface area contributed by atoms with Crippen molar-refractivity contribution >= 4 is 9.84 Å². The van der Waals surface area contributed by atoms with Crippen molar-refractivity contribution in [3.63, 3.8) is 0 Å². The molecule has 0 saturated carbocycles. The van der Waals surface area contributed by atoms with E-state index in [-0.39, 0.29) is 17.3 Å². The van der Waals surface area contributed by atoms with E-state index in [1.165, 1.54) is 20.3 Å². The van der Waals surface area contributed by atoms with Gasteiger partial charge in [0, 0.05) is 24.5 Å². The van der Waals surface area contributed by atoms with Crippen molar-refractivity contribution in [2.24, 2.45) is 0 Å². The fourth-order valence-corrected chi connectivity index (χ4v) is 2.37. The van der Waals surface area contributed by atoms with Gasteiger partial charge in [0.1, 0.15) is 16.4 Å². The van der Waals surface area contributed by atoms with E-state index < -0.39 is 9.84 Å². The van der Waals surface area contributed by atoms with Crippen molar-refractivity contribution in [1.82, 2.24) is 0 Å². The van der Waals surface area contributed by atoms with Crippen molar-refractivity contribution in [1.29, 1.82) is 0 Å². The number of benzene rings is 1. The highest BCUT2D eigenvalue weighted by Gasteiger charge is 2.18. The average Bonchev–Trinajstić information content (AvgIpc) is 2.27. The highest BCUT2D eigenvalue weighted by atomic mass is 32.2. The molecule has 0 radical (unpaired) electrons. The Balaban J connectivity index is 3.43. The molecule has 1 rings (SSSR count). The van der Waals surface area contributed by atoms with Crippen molar-refractivity contribution in [2.75, 3.05) is 27.1 Å². The zero-order valence-corrected chi connectivity index (χ0v) is 10.9. The number of rotatable bonds is 5. The van der Waals surface area contributed by atoms with E-state index >= 15 is 0 Å². The molecule has 96 valence electrons. The van der Waals surface area contributed by atoms with Crippen LogP contribution in [0.1, 0.15) is 5.56 Å². The Morgan fingerprint density at radius 2 is 1.76 bits per heavy atom. The van der Waals surface area contributed by atoms with Gasteiger partial charge >= 0.3 is 0 Å². The van der Waals surface area contributed by atoms with E-state index in [9.17, 15) is 8.42 Å². The smallest absolute Gasteiger partial charge is 0.179 e. The number of sulfone groups is 1. The van der Waals surface area contributed by atoms with Gasteiger partial charge < -0.3 is 14.6 Å². The van der Waals surface area contributed by atoms with Crippen LogP contribution in [0.15, 0.2) is 17.0 Å². The first kappa shape index (κ1) is 13.8. The average molecular weight is 260 g/mol. The summed E-state index contributed by atoms with van der Waals surface area (Å²) in [6.07, 6.45) is 1.49. The van der Waals surface area contributed by atoms with Gasteiger partial charge in [0.05, 0.1) is 14.2 Å². The van der Waals surface area contributed by atoms with Crippen LogP contribution in [0.2, 0.25) is 0 Å². The molecule has 0 aromatic heterocycles. The van der Waals surface area contributed by atoms with Crippen LogP contribution in [-0.4, -0.2) is 40.6 Å². The first-order valence-electron chi connectivity index (χ1n) is 4.99. The minimum atomic E-state index is -3.38. The highest BCUT2D eigenvalue weighted by molar-refractivity contribution is 7.90. The summed E-state index contributed by atoms with van der Waals surface area (Å²) in [6.45, 7) is -0.0439. The summed E-state index contributed by atoms with van der Waals surface area (Å²) in [5.41, 5.74) is 0.708. The second-order valence-electron chi connectivity index (χ2n) is 3.56. The van der Waals surface area contributed by atoms with Crippen LogP contribution in [-0.2, 0) is 16.3 Å². The summed E-state index contributed by atoms with van der Waals surface area (Å²) < 4.78 is 33.3. The Morgan fingerprint density at radius 1 is 1.18 bits per heavy atom. The Morgan fingerprint density at radius 3 is 2.18 bits per heavy atom. The molecule has 1 aromatic carbocycles. The van der Waals surface area contributed by atoms with Crippen LogP contribution in [0, 0.1) is 0 Å². The molecule has 0 atom stereocenters. The van der Waals surface area contributed by atoms with E-state index in [1.807, 2.05) is 0 Å². The Labute approximate surface area is 101 Å². The van der Waals surface area contributed by atoms with E-state index in [4.69, 9.17) is 14.6 Å². The highest BCUT2D eigenvalue weighted by Crippen LogP contribution is 2.32. The Kier molecular flexibility index (Phi) is 4.36. The van der Waals surface area contributed by atoms with E-state index in [1.54, 1.807) is 6.07 Å². The molecular weight excluding hydrogens is 244 g/mol. The van der Waals surface area contributed by atoms with Gasteiger partial charge in [0.15, 0.2) is 9.84 Å². The Bertz CT molecular complexity index is 493. The largest absolute Gasteiger partial charge is 0.496 e. The van der Waals surface area contributed by atoms with Crippen molar-refractivity contribution in [3.8, 4) is 11.5 Å². The summed E-state index contributed by atoms with van der Waals surface area (Å²) >= 11 is 0. The maximum Gasteiger partial charge on any atom is 0.179 e. The van der Waals surface area contributed by atoms with Gasteiger partial charge in [-0.1, -0.05) is 0 Å². The molecule has 0 unspecified atom stereocenters. The normalized spacial score (nSPS) is 11.3. The van der Waals surface area contributed by atoms with E-state index in [2.05, 4.69) is 0 Å². The van der Waals surface area contributed by atoms with Gasteiger partial charge in [-0.05, 0) is 12.5 Å². The third-order valence-corrected chi connectivity index (χ3v) is 3.47. The lowest BCUT2D eigenvalue weighted by Gasteiger charge is -2.13. The molecule has 1 N–H and O–H groups in total. The van der Waals surface area contributed by atoms with Crippen molar-refractivity contribution in [3.05, 3.63) is 17.7 Å². The first-order valence-corrected chi connectivity index (χ1v) is 6.89. The van der Waals surface area contributed by atoms with Gasteiger partial charge in [0.2, 0.25) is 0 Å². The molecule has 0 aliphatic rings. The lowest BCUT2D eigenvalue weighted by Crippen LogP contribution is -2.04. The molecule has 0 heterocycles. The van der Waals surface area contributed by atoms with Gasteiger partial charge in [-0.15, -0.1) is 0 Å². The van der Waals surface area contributed by atoms with E-state index in [0.717, 1.165) is 6.26 Å². The zero-order valence-electron chi connectivity index (χ0n) is 10.1. The van der Waals surface area contributed by atoms with Crippen LogP contribution in [0.4, 0.5) is 0 Å². The van der Waals surface area contributed by atoms with Gasteiger partial charge in [-0.3, -0.25) is 0 Å². The zero-order chi connectivity index (χ0) is 13.1. The van der Waals surface area contributed by atoms with Crippen LogP contribution in [0.3, 0.4) is 0 Å². The predicted octanol–water partition coefficient (Wildman–Crippen LogP) is 0.642. The standard InChI is InChI=1S/C11H16O5S/c1-15-9-7-11(17(3,13)14)10(16-2)6-8(9)4-5-12/h6-7,12H,4-5H2,1-3H3. The van der Waals surface area contributed by atoms with Gasteiger partial charge in [0.25, 0.3) is 0 Å². The topological polar surface area (TPSA) is 72.8 Å². The number of hydrogen-bond acceptors (Lipinski definition) is 5. The molecular formula is C11H16O5S. The summed E-state index contributed by atoms with van der Waals surface area (Å²) in [7, 11) is -0.522. The Hall–Kier alpha value is -1.27. The van der Waals surface area contributed by atoms with Crippen LogP contribution in [0.25, 0.3) is 0 Å². The third kappa shape index (κ3) is 3.10. The van der Waals surface area contributed by atoms with Crippen LogP contribution < -0.4 is 9.47 Å². The number of aliphatic hydroxyl groups excluding tert-OH is 1. The predicted molar refractivity (Wildman–Crippen MR) is 63.4 cm³/mol. The molecule has 6 heteroatoms. The molecule has 0 spiro atoms. The number of hydrogen-bond donors (Lipinski definition) is 1. The molecule has 0 saturated heterocycles. The summed E-state index contributed by atoms with van der Waals surface area (Å²) in [6, 6.07) is 2.99. The molecule has 0 aliphatic carbocycles. The molecule has 17 heavy (non-hydrogen) atoms. The van der Waals surface area contributed by atoms with E-state index in [0.29, 0.717) is 17.7 Å². The molecule has 0 bridgehead atoms. The maximum atomic E-state index is 11.6. The lowest BCUT2D eigenvalue weighted by atomic mass is 10.1. The van der Waals surface area contributed by atoms with Crippen LogP contribution in [0.5, 0.6) is 11.5 Å². The second kappa shape index (κ2) is 5.37. The number of aliphatic hydroxyl groups is 1. The fraction of sp³-hybridized carbons (Fsp3) is 0.455. The number of ether oxygens (including phenoxy) is 2. The quantitative estimate of drug-likeness (QED) is 0.841. The summed E-state index contributed by atoms with van der Waals surface area (Å²) in [4.78, 5) is 0.0820. The van der Waals surface area contributed by atoms with Gasteiger partial charge in [-0.25, -0.2) is 8.42 Å². The summed E-state index contributed by atoms with van der Waals surface area (Å²) in [5.74, 6) is 0.692. The summed E-state index contributed by atoms with van der Waals surface area (Å²) in [5, 5.41) is 8.92. The van der Waals surface area contributed by atoms with Crippen LogP contribution >= 0.6 is 0 Å². The molecule has 0 aliphatic heterocycles. The number of methoxy groups -OCH3 is 2. The van der Waals surface area contributed by atoms with Crippen molar-refractivity contribution < 1.29 is 23.0 Å². The van der Waals surface area contributed by atoms with Gasteiger partial charge in [-0.2, -0.15) is 0 Å². The third-order valence-electron chi connectivity index (χ3n) is 2.35. The molecule has 0 fully saturated rings. The maximum absolute atomic E-state index is 11.6. The minimum absolute atomic E-state index is 0.0439. The lowest BCUT2D eigenvalue weighted by molar-refractivity contribution is 0.296. The molecule has 1 aromatic rings. The minimum Gasteiger partial charge on any atom is -0.496 e. The monoisotopic (exact) mass is 260 g/mol.